The van der Waals surface area contributed by atoms with Crippen LogP contribution in [0.2, 0.25) is 0 Å². The van der Waals surface area contributed by atoms with Gasteiger partial charge in [0.1, 0.15) is 12.7 Å². The molecule has 3 aromatic rings. The Kier molecular flexibility index (Phi) is 17.4. The zero-order valence-corrected chi connectivity index (χ0v) is 25.9. The number of nitrogens with one attached hydrogen (secondary N) is 1. The van der Waals surface area contributed by atoms with Gasteiger partial charge in [-0.3, -0.25) is 14.4 Å². The number of Topliss-reactive ketones (excluding diaryl/α,β-unsaturated/α-hetero) is 1. The van der Waals surface area contributed by atoms with Gasteiger partial charge in [0.25, 0.3) is 5.91 Å². The Morgan fingerprint density at radius 1 is 0.810 bits per heavy atom. The van der Waals surface area contributed by atoms with Gasteiger partial charge in [-0.25, -0.2) is 13.8 Å². The average Bonchev–Trinajstić information content (AvgIpc) is 3.34. The third-order valence-electron chi connectivity index (χ3n) is 6.34. The van der Waals surface area contributed by atoms with Crippen LogP contribution in [0.1, 0.15) is 86.5 Å². The van der Waals surface area contributed by atoms with Gasteiger partial charge in [0.2, 0.25) is 0 Å². The highest BCUT2D eigenvalue weighted by Crippen LogP contribution is 2.28. The molecular weight excluding hydrogens is 539 g/mol. The minimum atomic E-state index is -1.41. The number of fused-ring (bicyclic) bond motifs is 3. The van der Waals surface area contributed by atoms with E-state index in [-0.39, 0.29) is 6.10 Å². The summed E-state index contributed by atoms with van der Waals surface area (Å²) < 4.78 is 24.7. The number of para-hydroxylation sites is 2. The van der Waals surface area contributed by atoms with E-state index in [2.05, 4.69) is 33.0 Å². The van der Waals surface area contributed by atoms with Gasteiger partial charge in [0, 0.05) is 10.8 Å². The molecule has 2 unspecified atom stereocenters. The van der Waals surface area contributed by atoms with Crippen molar-refractivity contribution in [3.8, 4) is 0 Å². The number of alkyl halides is 1. The van der Waals surface area contributed by atoms with Crippen LogP contribution in [-0.4, -0.2) is 53.7 Å². The maximum atomic E-state index is 13.0. The number of amides is 1. The molecule has 0 aliphatic rings. The molecule has 9 heteroatoms. The Labute approximate surface area is 248 Å². The minimum absolute atomic E-state index is 0.360. The molecule has 42 heavy (non-hydrogen) atoms. The van der Waals surface area contributed by atoms with E-state index in [1.807, 2.05) is 31.2 Å². The molecule has 0 saturated heterocycles. The number of hydrogen-bond donors (Lipinski definition) is 1. The number of unbranched alkanes of at least 4 members (excludes halogenated alkanes) is 2. The van der Waals surface area contributed by atoms with Crippen molar-refractivity contribution >= 4 is 45.6 Å². The van der Waals surface area contributed by atoms with Crippen LogP contribution in [0.3, 0.4) is 0 Å². The molecule has 232 valence electrons. The predicted molar refractivity (Wildman–Crippen MR) is 165 cm³/mol. The van der Waals surface area contributed by atoms with E-state index in [1.165, 1.54) is 30.3 Å². The van der Waals surface area contributed by atoms with Crippen molar-refractivity contribution in [3.63, 3.8) is 0 Å². The maximum Gasteiger partial charge on any atom is 0.419 e. The van der Waals surface area contributed by atoms with Crippen LogP contribution in [0, 0.1) is 0 Å². The number of rotatable bonds is 12. The first-order valence-corrected chi connectivity index (χ1v) is 14.9. The third-order valence-corrected chi connectivity index (χ3v) is 6.34. The van der Waals surface area contributed by atoms with Crippen molar-refractivity contribution in [3.05, 3.63) is 48.5 Å². The molecule has 0 bridgehead atoms. The molecule has 8 nitrogen and oxygen atoms in total. The predicted octanol–water partition coefficient (Wildman–Crippen LogP) is 7.54. The van der Waals surface area contributed by atoms with Crippen LogP contribution in [0.25, 0.3) is 21.8 Å². The Morgan fingerprint density at radius 3 is 1.76 bits per heavy atom. The second-order valence-electron chi connectivity index (χ2n) is 9.94. The number of carbonyl (C=O) groups excluding carboxylic acids is 4. The number of hydrogen-bond acceptors (Lipinski definition) is 6. The lowest BCUT2D eigenvalue weighted by Crippen LogP contribution is -2.45. The number of ketones is 1. The fourth-order valence-electron chi connectivity index (χ4n) is 3.79. The summed E-state index contributed by atoms with van der Waals surface area (Å²) in [5, 5.41) is 3.96. The molecule has 0 aliphatic carbocycles. The van der Waals surface area contributed by atoms with Crippen molar-refractivity contribution in [2.75, 3.05) is 13.3 Å². The Balaban J connectivity index is 0.000000978. The quantitative estimate of drug-likeness (QED) is 0.220. The first-order chi connectivity index (χ1) is 20.2. The molecule has 1 heterocycles. The van der Waals surface area contributed by atoms with Gasteiger partial charge < -0.3 is 14.8 Å². The second-order valence-corrected chi connectivity index (χ2v) is 9.94. The number of halogens is 1. The van der Waals surface area contributed by atoms with Crippen LogP contribution in [0.15, 0.2) is 48.5 Å². The first kappa shape index (κ1) is 36.3. The van der Waals surface area contributed by atoms with Crippen molar-refractivity contribution in [1.82, 2.24) is 9.88 Å². The molecular formula is C33H47FN2O6. The SMILES string of the molecule is CCCC.CCCC.CCCC(C)OC(=O)CC(NC(=O)COC(=O)n1c2ccccc2c2ccccc21)C(=O)CF. The summed E-state index contributed by atoms with van der Waals surface area (Å²) in [6.07, 6.45) is 5.06. The Hall–Kier alpha value is -3.75. The minimum Gasteiger partial charge on any atom is -0.463 e. The molecule has 0 fully saturated rings. The largest absolute Gasteiger partial charge is 0.463 e. The molecule has 2 atom stereocenters. The molecule has 1 aromatic heterocycles. The topological polar surface area (TPSA) is 104 Å². The van der Waals surface area contributed by atoms with Gasteiger partial charge in [0.05, 0.1) is 23.6 Å². The van der Waals surface area contributed by atoms with Crippen LogP contribution < -0.4 is 5.32 Å². The van der Waals surface area contributed by atoms with E-state index in [0.717, 1.165) is 17.2 Å². The molecule has 1 amide bonds. The van der Waals surface area contributed by atoms with Gasteiger partial charge in [-0.2, -0.15) is 0 Å². The highest BCUT2D eigenvalue weighted by molar-refractivity contribution is 6.12. The number of carbonyl (C=O) groups is 4. The average molecular weight is 587 g/mol. The first-order valence-electron chi connectivity index (χ1n) is 14.9. The molecule has 0 spiro atoms. The molecule has 0 radical (unpaired) electrons. The van der Waals surface area contributed by atoms with E-state index >= 15 is 0 Å². The number of benzene rings is 2. The standard InChI is InChI=1S/C25H27FN2O6.2C4H10/c1-3-8-16(2)34-24(31)13-19(22(29)14-26)27-23(30)15-33-25(32)28-20-11-6-4-9-17(20)18-10-5-7-12-21(18)28;2*1-3-4-2/h4-7,9-12,16,19H,3,8,13-15H2,1-2H3,(H,27,30);2*3-4H2,1-2H3. The summed E-state index contributed by atoms with van der Waals surface area (Å²) in [5.41, 5.74) is 1.23. The maximum absolute atomic E-state index is 13.0. The highest BCUT2D eigenvalue weighted by atomic mass is 19.1. The third kappa shape index (κ3) is 11.6. The van der Waals surface area contributed by atoms with Crippen molar-refractivity contribution in [1.29, 1.82) is 0 Å². The summed E-state index contributed by atoms with van der Waals surface area (Å²) in [4.78, 5) is 49.2. The van der Waals surface area contributed by atoms with Crippen molar-refractivity contribution < 1.29 is 33.0 Å². The smallest absolute Gasteiger partial charge is 0.419 e. The lowest BCUT2D eigenvalue weighted by molar-refractivity contribution is -0.150. The van der Waals surface area contributed by atoms with Gasteiger partial charge in [-0.15, -0.1) is 0 Å². The van der Waals surface area contributed by atoms with Gasteiger partial charge in [0.15, 0.2) is 12.4 Å². The number of ether oxygens (including phenoxy) is 2. The van der Waals surface area contributed by atoms with Crippen LogP contribution in [0.4, 0.5) is 9.18 Å². The summed E-state index contributed by atoms with van der Waals surface area (Å²) in [5.74, 6) is -2.53. The number of esters is 1. The fourth-order valence-corrected chi connectivity index (χ4v) is 3.79. The molecule has 1 N–H and O–H groups in total. The van der Waals surface area contributed by atoms with Crippen LogP contribution in [0.5, 0.6) is 0 Å². The summed E-state index contributed by atoms with van der Waals surface area (Å²) in [6, 6.07) is 13.1. The van der Waals surface area contributed by atoms with Gasteiger partial charge in [-0.05, 0) is 25.5 Å². The van der Waals surface area contributed by atoms with E-state index in [4.69, 9.17) is 9.47 Å². The molecule has 2 aromatic carbocycles. The van der Waals surface area contributed by atoms with E-state index < -0.39 is 49.5 Å². The molecule has 0 aliphatic heterocycles. The van der Waals surface area contributed by atoms with E-state index in [1.54, 1.807) is 31.2 Å². The zero-order valence-electron chi connectivity index (χ0n) is 25.9. The Bertz CT molecular complexity index is 1210. The summed E-state index contributed by atoms with van der Waals surface area (Å²) in [6.45, 7) is 10.3. The van der Waals surface area contributed by atoms with Gasteiger partial charge >= 0.3 is 12.1 Å². The summed E-state index contributed by atoms with van der Waals surface area (Å²) >= 11 is 0. The zero-order chi connectivity index (χ0) is 31.5. The van der Waals surface area contributed by atoms with Crippen molar-refractivity contribution in [2.24, 2.45) is 0 Å². The normalized spacial score (nSPS) is 11.8. The van der Waals surface area contributed by atoms with Crippen LogP contribution >= 0.6 is 0 Å². The Morgan fingerprint density at radius 2 is 1.31 bits per heavy atom. The summed E-state index contributed by atoms with van der Waals surface area (Å²) in [7, 11) is 0. The highest BCUT2D eigenvalue weighted by Gasteiger charge is 2.26. The monoisotopic (exact) mass is 586 g/mol. The number of aromatic nitrogens is 1. The fraction of sp³-hybridized carbons (Fsp3) is 0.515. The van der Waals surface area contributed by atoms with Crippen molar-refractivity contribution in [2.45, 2.75) is 98.6 Å². The van der Waals surface area contributed by atoms with Gasteiger partial charge in [-0.1, -0.05) is 103 Å². The van der Waals surface area contributed by atoms with E-state index in [0.29, 0.717) is 17.5 Å². The van der Waals surface area contributed by atoms with E-state index in [9.17, 15) is 23.6 Å². The van der Waals surface area contributed by atoms with Crippen LogP contribution in [-0.2, 0) is 23.9 Å². The molecule has 3 rings (SSSR count). The lowest BCUT2D eigenvalue weighted by Gasteiger charge is -2.18. The second kappa shape index (κ2) is 20.2. The molecule has 0 saturated carbocycles. The lowest BCUT2D eigenvalue weighted by atomic mass is 10.1. The number of nitrogens with zero attached hydrogens (tertiary/aromatic N) is 1.